The van der Waals surface area contributed by atoms with E-state index in [1.165, 1.54) is 85.8 Å². The predicted molar refractivity (Wildman–Crippen MR) is 397 cm³/mol. The summed E-state index contributed by atoms with van der Waals surface area (Å²) < 4.78 is 91.1. The fraction of sp³-hybridized carbons (Fsp3) is 0.821. The van der Waals surface area contributed by atoms with Gasteiger partial charge >= 0.3 is 12.4 Å². The van der Waals surface area contributed by atoms with E-state index in [1.807, 2.05) is 20.8 Å². The lowest BCUT2D eigenvalue weighted by Crippen LogP contribution is -2.71. The van der Waals surface area contributed by atoms with Crippen LogP contribution in [0.2, 0.25) is 0 Å². The summed E-state index contributed by atoms with van der Waals surface area (Å²) in [7, 11) is 11.2. The van der Waals surface area contributed by atoms with E-state index < -0.39 is 209 Å². The Morgan fingerprint density at radius 1 is 0.636 bits per heavy atom. The molecule has 0 aromatic carbocycles. The van der Waals surface area contributed by atoms with Crippen molar-refractivity contribution >= 4 is 82.5 Å². The van der Waals surface area contributed by atoms with Crippen LogP contribution in [0.1, 0.15) is 195 Å². The quantitative estimate of drug-likeness (QED) is 0.0919. The maximum atomic E-state index is 15.8. The highest BCUT2D eigenvalue weighted by atomic mass is 35.5. The number of hydrogen-bond donors (Lipinski definition) is 3. The third-order valence-corrected chi connectivity index (χ3v) is 25.9. The van der Waals surface area contributed by atoms with E-state index in [9.17, 15) is 45.5 Å². The van der Waals surface area contributed by atoms with Gasteiger partial charge in [-0.05, 0) is 151 Å². The number of hydrogen-bond acceptors (Lipinski definition) is 13. The van der Waals surface area contributed by atoms with E-state index in [4.69, 9.17) is 16.3 Å². The number of halogens is 7. The lowest BCUT2D eigenvalue weighted by molar-refractivity contribution is -0.184. The van der Waals surface area contributed by atoms with Gasteiger partial charge in [0.25, 0.3) is 0 Å². The van der Waals surface area contributed by atoms with Crippen LogP contribution in [0.3, 0.4) is 0 Å². The first kappa shape index (κ1) is 88.8. The van der Waals surface area contributed by atoms with Crippen molar-refractivity contribution in [3.05, 3.63) is 12.2 Å². The Hall–Kier alpha value is -6.79. The largest absolute Gasteiger partial charge is 0.393 e. The highest BCUT2D eigenvalue weighted by molar-refractivity contribution is 6.21. The average molecular weight is 1580 g/mol. The molecule has 3 aliphatic heterocycles. The highest BCUT2D eigenvalue weighted by Gasteiger charge is 2.60. The Morgan fingerprint density at radius 3 is 1.83 bits per heavy atom. The molecular formula is C78H121ClF6N12O13. The molecule has 32 heteroatoms. The zero-order chi connectivity index (χ0) is 81.4. The lowest BCUT2D eigenvalue weighted by Gasteiger charge is -2.54. The molecule has 5 saturated carbocycles. The van der Waals surface area contributed by atoms with Crippen molar-refractivity contribution in [1.29, 1.82) is 0 Å². The summed E-state index contributed by atoms with van der Waals surface area (Å²) in [5.74, 6) is -14.1. The van der Waals surface area contributed by atoms with E-state index >= 15 is 38.4 Å². The molecule has 2 saturated heterocycles. The molecule has 3 unspecified atom stereocenters. The van der Waals surface area contributed by atoms with Crippen LogP contribution in [0, 0.1) is 46.8 Å². The molecule has 0 radical (unpaired) electrons. The second-order valence-electron chi connectivity index (χ2n) is 34.1. The standard InChI is InChI=1S/C78H121ClF6N12O13/c1-14-46(3)64-72(107)91(9)43-63(100)92(10)56-26-17-16-20-35-96(71(56)106)60(38-49-27-31-51(32-28-49)77(80,81)82)70(105)90(8)42-61(98)86-55(34-30-48-29-33-53(54(79)36-48)78(83,84)85)68(103)97-41-52(110-15-2)39-58(97)67(102)88-76(44-75(4,5)45-76)74(109)95(13)65(50-24-18-19-25-50)73(108)94(12)59(69(104)89(6)7)40-62(99)93(11)57(66(101)87-64)37-47-22-21-23-47/h16-17,46-60,64-65H,14-15,18-45H2,1-13H3,(H,86,98)(H,87,101)(H,88,102)/b17-16-/t46-,48?,49?,51?,52+,53?,54?,55-,56-,57-,58-,59-,60-,64-,65-/m0/s1. The second kappa shape index (κ2) is 37.4. The Labute approximate surface area is 649 Å². The molecule has 8 aliphatic rings. The number of nitrogens with zero attached hydrogens (tertiary/aromatic N) is 9. The van der Waals surface area contributed by atoms with E-state index in [0.29, 0.717) is 32.1 Å². The molecule has 12 amide bonds. The number of nitrogens with one attached hydrogen (secondary N) is 3. The van der Waals surface area contributed by atoms with Gasteiger partial charge < -0.3 is 64.8 Å². The van der Waals surface area contributed by atoms with E-state index in [-0.39, 0.29) is 128 Å². The number of likely N-dealkylation sites (N-methyl/N-ethyl adjacent to an activating group) is 7. The molecule has 7 fully saturated rings. The summed E-state index contributed by atoms with van der Waals surface area (Å²) in [5.41, 5.74) is -2.26. The molecule has 25 nitrogen and oxygen atoms in total. The maximum Gasteiger partial charge on any atom is 0.393 e. The molecule has 0 aromatic heterocycles. The van der Waals surface area contributed by atoms with Crippen molar-refractivity contribution in [2.75, 3.05) is 89.2 Å². The first-order chi connectivity index (χ1) is 51.5. The van der Waals surface area contributed by atoms with Crippen molar-refractivity contribution in [3.63, 3.8) is 0 Å². The Kier molecular flexibility index (Phi) is 30.2. The topological polar surface area (TPSA) is 279 Å². The van der Waals surface area contributed by atoms with Gasteiger partial charge in [0.1, 0.15) is 53.9 Å². The molecule has 1 spiro atoms. The van der Waals surface area contributed by atoms with Crippen molar-refractivity contribution in [3.8, 4) is 0 Å². The van der Waals surface area contributed by atoms with Gasteiger partial charge in [0.2, 0.25) is 70.9 Å². The number of ether oxygens (including phenoxy) is 1. The predicted octanol–water partition coefficient (Wildman–Crippen LogP) is 7.45. The van der Waals surface area contributed by atoms with E-state index in [2.05, 4.69) is 16.0 Å². The minimum atomic E-state index is -4.57. The van der Waals surface area contributed by atoms with E-state index in [0.717, 1.165) is 34.0 Å². The number of alkyl halides is 7. The molecule has 2 bridgehead atoms. The van der Waals surface area contributed by atoms with Gasteiger partial charge in [0.15, 0.2) is 0 Å². The van der Waals surface area contributed by atoms with Crippen LogP contribution in [0.25, 0.3) is 0 Å². The van der Waals surface area contributed by atoms with Gasteiger partial charge in [-0.3, -0.25) is 57.5 Å². The molecule has 0 aromatic rings. The molecule has 620 valence electrons. The smallest absolute Gasteiger partial charge is 0.377 e. The lowest BCUT2D eigenvalue weighted by atomic mass is 9.58. The van der Waals surface area contributed by atoms with Crippen LogP contribution in [-0.4, -0.2) is 282 Å². The SMILES string of the molecule is CCO[C@@H]1C[C@H]2C(=O)NC3(CC(C)(C)C3)C(=O)N(C)[C@@H](C3CCCC3)C(=O)N(C)[C@H](C(=O)N(C)C)CC(=O)N(C)[C@@H](CC3CCC3)C(=O)N[C@@H]([C@@H](C)CC)C(=O)N(C)CC(=O)N(C)[C@H]3C/C=C\CCN(C3=O)[C@@H](CC3CCC(C(F)(F)F)CC3)C(=O)N(C)CC(=O)N[C@@H](CCC3CCC(C(F)(F)F)C(Cl)C3)C(=O)N2C1. The van der Waals surface area contributed by atoms with Crippen LogP contribution in [0.5, 0.6) is 0 Å². The van der Waals surface area contributed by atoms with E-state index in [1.54, 1.807) is 26.0 Å². The molecule has 5 aliphatic carbocycles. The average Bonchev–Trinajstić information content (AvgIpc) is 0.895. The minimum Gasteiger partial charge on any atom is -0.377 e. The van der Waals surface area contributed by atoms with Crippen molar-refractivity contribution in [2.45, 2.75) is 273 Å². The van der Waals surface area contributed by atoms with Gasteiger partial charge in [0, 0.05) is 87.9 Å². The molecular weight excluding hydrogens is 1460 g/mol. The van der Waals surface area contributed by atoms with Crippen LogP contribution in [-0.2, 0) is 62.3 Å². The number of amides is 12. The number of rotatable bonds is 13. The fourth-order valence-electron chi connectivity index (χ4n) is 18.5. The van der Waals surface area contributed by atoms with Gasteiger partial charge in [-0.25, -0.2) is 0 Å². The highest BCUT2D eigenvalue weighted by Crippen LogP contribution is 2.50. The minimum absolute atomic E-state index is 0.000209. The summed E-state index contributed by atoms with van der Waals surface area (Å²) in [6.07, 6.45) is -2.53. The monoisotopic (exact) mass is 1580 g/mol. The van der Waals surface area contributed by atoms with Crippen molar-refractivity contribution in [2.24, 2.45) is 46.8 Å². The zero-order valence-electron chi connectivity index (χ0n) is 66.7. The Morgan fingerprint density at radius 2 is 1.25 bits per heavy atom. The van der Waals surface area contributed by atoms with Gasteiger partial charge in [-0.1, -0.05) is 78.4 Å². The van der Waals surface area contributed by atoms with Gasteiger partial charge in [-0.15, -0.1) is 11.6 Å². The molecule has 110 heavy (non-hydrogen) atoms. The van der Waals surface area contributed by atoms with Crippen LogP contribution in [0.15, 0.2) is 12.2 Å². The zero-order valence-corrected chi connectivity index (χ0v) is 67.4. The van der Waals surface area contributed by atoms with Gasteiger partial charge in [-0.2, -0.15) is 26.3 Å². The summed E-state index contributed by atoms with van der Waals surface area (Å²) in [6, 6.07) is -10.8. The number of carbonyl (C=O) groups is 12. The van der Waals surface area contributed by atoms with Crippen LogP contribution >= 0.6 is 11.6 Å². The van der Waals surface area contributed by atoms with Crippen molar-refractivity contribution in [1.82, 2.24) is 60.0 Å². The molecule has 13 atom stereocenters. The molecule has 3 N–H and O–H groups in total. The Bertz CT molecular complexity index is 3340. The molecule has 3 heterocycles. The van der Waals surface area contributed by atoms with Crippen molar-refractivity contribution < 1.29 is 88.6 Å². The summed E-state index contributed by atoms with van der Waals surface area (Å²) in [4.78, 5) is 194. The normalized spacial score (nSPS) is 32.2. The van der Waals surface area contributed by atoms with Crippen LogP contribution in [0.4, 0.5) is 26.3 Å². The second-order valence-corrected chi connectivity index (χ2v) is 34.7. The third kappa shape index (κ3) is 21.3. The first-order valence-electron chi connectivity index (χ1n) is 39.9. The Balaban J connectivity index is 1.21. The first-order valence-corrected chi connectivity index (χ1v) is 40.3. The van der Waals surface area contributed by atoms with Gasteiger partial charge in [0.05, 0.1) is 37.5 Å². The summed E-state index contributed by atoms with van der Waals surface area (Å²) in [6.45, 7) is 7.50. The van der Waals surface area contributed by atoms with Crippen LogP contribution < -0.4 is 16.0 Å². The number of fused-ring (bicyclic) bond motifs is 3. The fourth-order valence-corrected chi connectivity index (χ4v) is 19.0. The molecule has 8 rings (SSSR count). The number of carbonyl (C=O) groups excluding carboxylic acids is 12. The summed E-state index contributed by atoms with van der Waals surface area (Å²) in [5, 5.41) is 7.46. The maximum absolute atomic E-state index is 15.8. The third-order valence-electron chi connectivity index (χ3n) is 25.4. The summed E-state index contributed by atoms with van der Waals surface area (Å²) >= 11 is 6.45.